The Bertz CT molecular complexity index is 1800. The summed E-state index contributed by atoms with van der Waals surface area (Å²) in [5.41, 5.74) is 4.64. The number of benzene rings is 3. The molecule has 8 nitrogen and oxygen atoms in total. The molecule has 1 aliphatic rings. The monoisotopic (exact) mass is 601 g/mol. The average molecular weight is 602 g/mol. The first-order chi connectivity index (χ1) is 20.8. The van der Waals surface area contributed by atoms with Gasteiger partial charge >= 0.3 is 0 Å². The third-order valence-corrected chi connectivity index (χ3v) is 7.82. The lowest BCUT2D eigenvalue weighted by molar-refractivity contribution is 0.102. The number of amides is 1. The summed E-state index contributed by atoms with van der Waals surface area (Å²) in [4.78, 5) is 26.8. The molecular weight excluding hydrogens is 572 g/mol. The number of hydrogen-bond acceptors (Lipinski definition) is 6. The number of piperidine rings is 1. The molecule has 43 heavy (non-hydrogen) atoms. The quantitative estimate of drug-likeness (QED) is 0.185. The number of fused-ring (bicyclic) bond motifs is 1. The predicted octanol–water partition coefficient (Wildman–Crippen LogP) is 6.60. The van der Waals surface area contributed by atoms with Gasteiger partial charge in [-0.2, -0.15) is 4.98 Å². The maximum Gasteiger partial charge on any atom is 0.255 e. The van der Waals surface area contributed by atoms with Gasteiger partial charge < -0.3 is 20.5 Å². The minimum atomic E-state index is -0.905. The normalized spacial score (nSPS) is 15.0. The smallest absolute Gasteiger partial charge is 0.255 e. The van der Waals surface area contributed by atoms with E-state index in [0.717, 1.165) is 43.6 Å². The Morgan fingerprint density at radius 2 is 1.98 bits per heavy atom. The number of halogens is 3. The topological polar surface area (TPSA) is 96.8 Å². The van der Waals surface area contributed by atoms with Crippen LogP contribution in [0.5, 0.6) is 0 Å². The van der Waals surface area contributed by atoms with Crippen molar-refractivity contribution in [1.82, 2.24) is 24.8 Å². The Labute approximate surface area is 252 Å². The Hall–Kier alpha value is -4.41. The molecule has 3 aromatic carbocycles. The second-order valence-corrected chi connectivity index (χ2v) is 11.2. The van der Waals surface area contributed by atoms with Crippen LogP contribution in [0.1, 0.15) is 34.3 Å². The van der Waals surface area contributed by atoms with E-state index in [9.17, 15) is 13.6 Å². The van der Waals surface area contributed by atoms with Crippen molar-refractivity contribution < 1.29 is 13.6 Å². The molecule has 0 spiro atoms. The van der Waals surface area contributed by atoms with Crippen molar-refractivity contribution in [2.75, 3.05) is 23.7 Å². The fourth-order valence-electron chi connectivity index (χ4n) is 5.31. The zero-order valence-electron chi connectivity index (χ0n) is 23.5. The van der Waals surface area contributed by atoms with E-state index in [-0.39, 0.29) is 12.5 Å². The average Bonchev–Trinajstić information content (AvgIpc) is 3.35. The molecule has 11 heteroatoms. The summed E-state index contributed by atoms with van der Waals surface area (Å²) in [5.74, 6) is -0.665. The van der Waals surface area contributed by atoms with Crippen molar-refractivity contribution >= 4 is 40.3 Å². The third kappa shape index (κ3) is 6.50. The summed E-state index contributed by atoms with van der Waals surface area (Å²) in [6.07, 6.45) is 3.79. The van der Waals surface area contributed by atoms with Crippen LogP contribution in [0.3, 0.4) is 0 Å². The molecule has 5 aromatic rings. The van der Waals surface area contributed by atoms with E-state index in [2.05, 4.69) is 25.5 Å². The van der Waals surface area contributed by atoms with Crippen LogP contribution in [-0.2, 0) is 13.1 Å². The summed E-state index contributed by atoms with van der Waals surface area (Å²) in [7, 11) is 0. The van der Waals surface area contributed by atoms with E-state index in [0.29, 0.717) is 62.8 Å². The summed E-state index contributed by atoms with van der Waals surface area (Å²) < 4.78 is 29.1. The Kier molecular flexibility index (Phi) is 8.31. The summed E-state index contributed by atoms with van der Waals surface area (Å²) in [6, 6.07) is 16.5. The fraction of sp³-hybridized carbons (Fsp3) is 0.250. The van der Waals surface area contributed by atoms with E-state index < -0.39 is 11.6 Å². The maximum atomic E-state index is 13.7. The molecule has 0 unspecified atom stereocenters. The van der Waals surface area contributed by atoms with E-state index in [1.54, 1.807) is 24.4 Å². The van der Waals surface area contributed by atoms with Gasteiger partial charge in [0.05, 0.1) is 11.2 Å². The van der Waals surface area contributed by atoms with Crippen molar-refractivity contribution in [1.29, 1.82) is 0 Å². The van der Waals surface area contributed by atoms with Crippen LogP contribution in [0.2, 0.25) is 5.02 Å². The van der Waals surface area contributed by atoms with Gasteiger partial charge in [-0.25, -0.2) is 18.7 Å². The number of nitrogens with zero attached hydrogens (tertiary/aromatic N) is 4. The summed E-state index contributed by atoms with van der Waals surface area (Å²) >= 11 is 6.81. The molecule has 6 rings (SSSR count). The molecule has 1 amide bonds. The van der Waals surface area contributed by atoms with E-state index in [4.69, 9.17) is 21.6 Å². The molecule has 1 atom stereocenters. The number of carbonyl (C=O) groups excluding carboxylic acids is 1. The Morgan fingerprint density at radius 3 is 2.74 bits per heavy atom. The highest BCUT2D eigenvalue weighted by Gasteiger charge is 2.22. The lowest BCUT2D eigenvalue weighted by Gasteiger charge is -2.24. The number of hydrogen-bond donors (Lipinski definition) is 3. The van der Waals surface area contributed by atoms with Crippen LogP contribution in [0.25, 0.3) is 22.6 Å². The summed E-state index contributed by atoms with van der Waals surface area (Å²) in [6.45, 7) is 4.70. The number of anilines is 2. The van der Waals surface area contributed by atoms with E-state index in [1.807, 2.05) is 31.2 Å². The van der Waals surface area contributed by atoms with E-state index in [1.165, 1.54) is 6.07 Å². The Morgan fingerprint density at radius 1 is 1.09 bits per heavy atom. The second kappa shape index (κ2) is 12.4. The van der Waals surface area contributed by atoms with Gasteiger partial charge in [0.15, 0.2) is 17.3 Å². The van der Waals surface area contributed by atoms with Gasteiger partial charge in [-0.1, -0.05) is 35.4 Å². The number of aromatic nitrogens is 4. The standard InChI is InChI=1S/C32H30ClF2N7O/c1-19-4-2-6-22(12-19)31(43)39-23-8-9-24(25(33)14-23)29-40-28-17-38-32(37-16-20-7-10-26(34)27(35)13-20)41-30(28)42(29)18-21-5-3-11-36-15-21/h2,4,6-10,12-14,17,21,36H,3,5,11,15-16,18H2,1H3,(H,39,43)(H,37,38,41)/t21-/m1/s1. The van der Waals surface area contributed by atoms with Gasteiger partial charge in [0.25, 0.3) is 5.91 Å². The Balaban J connectivity index is 1.30. The SMILES string of the molecule is Cc1cccc(C(=O)Nc2ccc(-c3nc4cnc(NCc5ccc(F)c(F)c5)nc4n3C[C@@H]3CCCNC3)c(Cl)c2)c1. The first-order valence-corrected chi connectivity index (χ1v) is 14.5. The zero-order chi connectivity index (χ0) is 29.9. The van der Waals surface area contributed by atoms with Crippen LogP contribution >= 0.6 is 11.6 Å². The number of nitrogens with one attached hydrogen (secondary N) is 3. The molecule has 0 radical (unpaired) electrons. The first-order valence-electron chi connectivity index (χ1n) is 14.1. The predicted molar refractivity (Wildman–Crippen MR) is 164 cm³/mol. The fourth-order valence-corrected chi connectivity index (χ4v) is 5.58. The lowest BCUT2D eigenvalue weighted by Crippen LogP contribution is -2.32. The van der Waals surface area contributed by atoms with Gasteiger partial charge in [0.2, 0.25) is 5.95 Å². The van der Waals surface area contributed by atoms with Gasteiger partial charge in [-0.05, 0) is 86.8 Å². The molecule has 2 aromatic heterocycles. The highest BCUT2D eigenvalue weighted by molar-refractivity contribution is 6.33. The number of rotatable bonds is 8. The van der Waals surface area contributed by atoms with Gasteiger partial charge in [0.1, 0.15) is 11.3 Å². The first kappa shape index (κ1) is 28.7. The van der Waals surface area contributed by atoms with Crippen molar-refractivity contribution in [2.45, 2.75) is 32.9 Å². The van der Waals surface area contributed by atoms with Gasteiger partial charge in [0, 0.05) is 29.9 Å². The van der Waals surface area contributed by atoms with Crippen LogP contribution in [-0.4, -0.2) is 38.5 Å². The number of imidazole rings is 1. The van der Waals surface area contributed by atoms with E-state index >= 15 is 0 Å². The highest BCUT2D eigenvalue weighted by atomic mass is 35.5. The largest absolute Gasteiger partial charge is 0.350 e. The van der Waals surface area contributed by atoms with Crippen LogP contribution in [0.15, 0.2) is 66.9 Å². The zero-order valence-corrected chi connectivity index (χ0v) is 24.3. The number of carbonyl (C=O) groups is 1. The molecule has 1 saturated heterocycles. The minimum Gasteiger partial charge on any atom is -0.350 e. The molecule has 220 valence electrons. The molecule has 3 heterocycles. The van der Waals surface area contributed by atoms with Crippen LogP contribution < -0.4 is 16.0 Å². The van der Waals surface area contributed by atoms with Crippen LogP contribution in [0, 0.1) is 24.5 Å². The van der Waals surface area contributed by atoms with Gasteiger partial charge in [-0.3, -0.25) is 4.79 Å². The molecule has 0 aliphatic carbocycles. The summed E-state index contributed by atoms with van der Waals surface area (Å²) in [5, 5.41) is 9.92. The second-order valence-electron chi connectivity index (χ2n) is 10.8. The molecule has 0 bridgehead atoms. The van der Waals surface area contributed by atoms with Crippen molar-refractivity contribution in [3.8, 4) is 11.4 Å². The van der Waals surface area contributed by atoms with Crippen LogP contribution in [0.4, 0.5) is 20.4 Å². The van der Waals surface area contributed by atoms with Crippen molar-refractivity contribution in [3.05, 3.63) is 100 Å². The molecule has 3 N–H and O–H groups in total. The van der Waals surface area contributed by atoms with Crippen molar-refractivity contribution in [3.63, 3.8) is 0 Å². The van der Waals surface area contributed by atoms with Crippen molar-refractivity contribution in [2.24, 2.45) is 5.92 Å². The highest BCUT2D eigenvalue weighted by Crippen LogP contribution is 2.33. The molecular formula is C32H30ClF2N7O. The molecule has 0 saturated carbocycles. The minimum absolute atomic E-state index is 0.219. The van der Waals surface area contributed by atoms with Gasteiger partial charge in [-0.15, -0.1) is 0 Å². The third-order valence-electron chi connectivity index (χ3n) is 7.51. The molecule has 1 fully saturated rings. The number of aryl methyl sites for hydroxylation is 1. The molecule has 1 aliphatic heterocycles. The maximum absolute atomic E-state index is 13.7. The lowest BCUT2D eigenvalue weighted by atomic mass is 9.99.